The van der Waals surface area contributed by atoms with E-state index in [1.807, 2.05) is 0 Å². The number of alkyl halides is 3. The lowest BCUT2D eigenvalue weighted by Crippen LogP contribution is -2.26. The molecule has 0 aliphatic rings. The predicted octanol–water partition coefficient (Wildman–Crippen LogP) is 3.17. The Hall–Kier alpha value is 0.840. The first-order chi connectivity index (χ1) is 5.27. The number of hydrogen-bond acceptors (Lipinski definition) is 2. The van der Waals surface area contributed by atoms with Gasteiger partial charge in [-0.15, -0.1) is 18.8 Å². The predicted molar refractivity (Wildman–Crippen MR) is 55.1 cm³/mol. The molecular formula is C4H7F3NPS3. The first kappa shape index (κ1) is 12.8. The molecule has 1 atom stereocenters. The van der Waals surface area contributed by atoms with Crippen LogP contribution >= 0.6 is 28.2 Å². The Morgan fingerprint density at radius 2 is 2.17 bits per heavy atom. The molecule has 0 aromatic heterocycles. The third-order valence-corrected chi connectivity index (χ3v) is 6.24. The van der Waals surface area contributed by atoms with Crippen LogP contribution < -0.4 is 5.09 Å². The quantitative estimate of drug-likeness (QED) is 0.346. The Balaban J connectivity index is 4.04. The fourth-order valence-corrected chi connectivity index (χ4v) is 4.26. The third-order valence-electron chi connectivity index (χ3n) is 0.635. The molecule has 0 bridgehead atoms. The van der Waals surface area contributed by atoms with Crippen molar-refractivity contribution in [3.8, 4) is 0 Å². The van der Waals surface area contributed by atoms with E-state index in [0.29, 0.717) is 5.75 Å². The maximum atomic E-state index is 11.7. The van der Waals surface area contributed by atoms with Crippen LogP contribution in [0.2, 0.25) is 0 Å². The van der Waals surface area contributed by atoms with Crippen LogP contribution in [0.3, 0.4) is 0 Å². The monoisotopic (exact) mass is 253 g/mol. The summed E-state index contributed by atoms with van der Waals surface area (Å²) in [6, 6.07) is 0. The molecule has 1 unspecified atom stereocenters. The zero-order valence-electron chi connectivity index (χ0n) is 5.84. The molecular weight excluding hydrogens is 246 g/mol. The van der Waals surface area contributed by atoms with Crippen molar-refractivity contribution < 1.29 is 13.2 Å². The second kappa shape index (κ2) is 4.91. The van der Waals surface area contributed by atoms with Crippen molar-refractivity contribution in [1.29, 1.82) is 0 Å². The van der Waals surface area contributed by atoms with Crippen LogP contribution in [0.4, 0.5) is 13.2 Å². The molecule has 0 fully saturated rings. The molecule has 0 spiro atoms. The van der Waals surface area contributed by atoms with Crippen LogP contribution in [0.25, 0.3) is 0 Å². The van der Waals surface area contributed by atoms with Crippen LogP contribution in [0.5, 0.6) is 0 Å². The van der Waals surface area contributed by atoms with Gasteiger partial charge in [0, 0.05) is 5.75 Å². The Bertz CT molecular complexity index is 204. The molecule has 0 heterocycles. The first-order valence-electron chi connectivity index (χ1n) is 2.71. The molecule has 12 heavy (non-hydrogen) atoms. The van der Waals surface area contributed by atoms with E-state index in [0.717, 1.165) is 11.4 Å². The van der Waals surface area contributed by atoms with Crippen LogP contribution in [-0.4, -0.2) is 12.1 Å². The van der Waals surface area contributed by atoms with Gasteiger partial charge < -0.3 is 0 Å². The van der Waals surface area contributed by atoms with Crippen molar-refractivity contribution in [2.75, 3.05) is 5.75 Å². The Morgan fingerprint density at radius 3 is 2.50 bits per heavy atom. The van der Waals surface area contributed by atoms with E-state index in [9.17, 15) is 13.2 Å². The van der Waals surface area contributed by atoms with Crippen molar-refractivity contribution in [2.24, 2.45) is 0 Å². The van der Waals surface area contributed by atoms with Gasteiger partial charge in [-0.05, 0) is 0 Å². The summed E-state index contributed by atoms with van der Waals surface area (Å²) in [4.78, 5) is 0. The van der Waals surface area contributed by atoms with E-state index in [-0.39, 0.29) is 0 Å². The van der Waals surface area contributed by atoms with E-state index in [4.69, 9.17) is 0 Å². The smallest absolute Gasteiger partial charge is 0.182 e. The minimum Gasteiger partial charge on any atom is -0.182 e. The molecule has 1 N–H and O–H groups in total. The molecule has 0 amide bonds. The molecule has 0 aromatic carbocycles. The van der Waals surface area contributed by atoms with Gasteiger partial charge in [-0.1, -0.05) is 29.3 Å². The summed E-state index contributed by atoms with van der Waals surface area (Å²) in [5, 5.41) is 1.34. The van der Waals surface area contributed by atoms with Gasteiger partial charge in [-0.3, -0.25) is 0 Å². The average molecular weight is 253 g/mol. The van der Waals surface area contributed by atoms with Crippen molar-refractivity contribution in [3.63, 3.8) is 0 Å². The summed E-state index contributed by atoms with van der Waals surface area (Å²) < 4.78 is 32.4. The van der Waals surface area contributed by atoms with Gasteiger partial charge in [0.05, 0.1) is 0 Å². The summed E-state index contributed by atoms with van der Waals surface area (Å²) in [5.41, 5.74) is 0. The Morgan fingerprint density at radius 1 is 1.67 bits per heavy atom. The number of thiol groups is 1. The zero-order chi connectivity index (χ0) is 9.83. The minimum absolute atomic E-state index is 0.365. The Labute approximate surface area is 83.1 Å². The molecule has 0 aliphatic carbocycles. The van der Waals surface area contributed by atoms with Gasteiger partial charge in [0.2, 0.25) is 0 Å². The average Bonchev–Trinajstić information content (AvgIpc) is 1.78. The lowest BCUT2D eigenvalue weighted by molar-refractivity contribution is -0.136. The fourth-order valence-electron chi connectivity index (χ4n) is 0.346. The van der Waals surface area contributed by atoms with Crippen LogP contribution in [0.15, 0.2) is 12.7 Å². The van der Waals surface area contributed by atoms with E-state index in [1.54, 1.807) is 0 Å². The van der Waals surface area contributed by atoms with Gasteiger partial charge in [-0.2, -0.15) is 18.3 Å². The van der Waals surface area contributed by atoms with Crippen molar-refractivity contribution >= 4 is 40.0 Å². The molecule has 0 aromatic rings. The lowest BCUT2D eigenvalue weighted by atomic mass is 10.8. The largest absolute Gasteiger partial charge is 0.462 e. The summed E-state index contributed by atoms with van der Waals surface area (Å²) in [7, 11) is 0. The van der Waals surface area contributed by atoms with Gasteiger partial charge in [-0.25, -0.2) is 0 Å². The minimum atomic E-state index is -4.45. The highest BCUT2D eigenvalue weighted by Crippen LogP contribution is 2.61. The van der Waals surface area contributed by atoms with E-state index in [2.05, 4.69) is 30.6 Å². The van der Waals surface area contributed by atoms with Crippen LogP contribution in [-0.2, 0) is 11.8 Å². The summed E-state index contributed by atoms with van der Waals surface area (Å²) in [5.74, 6) is 0.365. The molecule has 0 aliphatic heterocycles. The molecule has 72 valence electrons. The van der Waals surface area contributed by atoms with Crippen molar-refractivity contribution in [3.05, 3.63) is 12.7 Å². The highest BCUT2D eigenvalue weighted by atomic mass is 33.2. The van der Waals surface area contributed by atoms with E-state index in [1.165, 1.54) is 11.2 Å². The van der Waals surface area contributed by atoms with Gasteiger partial charge in [0.15, 0.2) is 0 Å². The maximum absolute atomic E-state index is 11.7. The van der Waals surface area contributed by atoms with E-state index >= 15 is 0 Å². The SMILES string of the molecule is C=CCSP(=S)(S)NC(F)(F)F. The summed E-state index contributed by atoms with van der Waals surface area (Å²) >= 11 is 9.29. The molecule has 0 rings (SSSR count). The fraction of sp³-hybridized carbons (Fsp3) is 0.500. The van der Waals surface area contributed by atoms with Crippen molar-refractivity contribution in [2.45, 2.75) is 6.30 Å². The maximum Gasteiger partial charge on any atom is 0.462 e. The summed E-state index contributed by atoms with van der Waals surface area (Å²) in [6.45, 7) is 3.37. The molecule has 0 saturated heterocycles. The topological polar surface area (TPSA) is 12.0 Å². The van der Waals surface area contributed by atoms with E-state index < -0.39 is 10.9 Å². The Kier molecular flexibility index (Phi) is 5.25. The molecule has 0 radical (unpaired) electrons. The molecule has 1 nitrogen and oxygen atoms in total. The number of rotatable bonds is 4. The van der Waals surface area contributed by atoms with Gasteiger partial charge >= 0.3 is 6.30 Å². The molecule has 8 heteroatoms. The number of nitrogens with one attached hydrogen (secondary N) is 1. The third kappa shape index (κ3) is 7.49. The molecule has 0 saturated carbocycles. The second-order valence-corrected chi connectivity index (χ2v) is 11.7. The number of hydrogen-bond donors (Lipinski definition) is 2. The second-order valence-electron chi connectivity index (χ2n) is 1.71. The number of halogens is 3. The highest BCUT2D eigenvalue weighted by Gasteiger charge is 2.33. The van der Waals surface area contributed by atoms with Crippen LogP contribution in [0.1, 0.15) is 0 Å². The van der Waals surface area contributed by atoms with Gasteiger partial charge in [0.25, 0.3) is 0 Å². The first-order valence-corrected chi connectivity index (χ1v) is 8.26. The van der Waals surface area contributed by atoms with Crippen LogP contribution in [0, 0.1) is 0 Å². The zero-order valence-corrected chi connectivity index (χ0v) is 9.26. The standard InChI is InChI=1S/C4H7F3NPS3/c1-2-3-12-9(10,11)8-4(5,6)7/h2H,1,3H2,(H2,8,10,11). The summed E-state index contributed by atoms with van der Waals surface area (Å²) in [6.07, 6.45) is -2.97. The van der Waals surface area contributed by atoms with Gasteiger partial charge in [0.1, 0.15) is 4.59 Å². The normalized spacial score (nSPS) is 17.0. The lowest BCUT2D eigenvalue weighted by Gasteiger charge is -2.17. The highest BCUT2D eigenvalue weighted by molar-refractivity contribution is 8.96. The van der Waals surface area contributed by atoms with Crippen molar-refractivity contribution in [1.82, 2.24) is 5.09 Å².